The van der Waals surface area contributed by atoms with Crippen molar-refractivity contribution >= 4 is 34.3 Å². The largest absolute Gasteiger partial charge is 0.467 e. The van der Waals surface area contributed by atoms with E-state index in [-0.39, 0.29) is 17.2 Å². The first-order valence-electron chi connectivity index (χ1n) is 10.4. The van der Waals surface area contributed by atoms with E-state index in [1.165, 1.54) is 11.8 Å². The van der Waals surface area contributed by atoms with E-state index < -0.39 is 0 Å². The van der Waals surface area contributed by atoms with Crippen LogP contribution in [0.15, 0.2) is 75.2 Å². The summed E-state index contributed by atoms with van der Waals surface area (Å²) in [5.74, 6) is 1.09. The van der Waals surface area contributed by atoms with Gasteiger partial charge in [0, 0.05) is 0 Å². The molecule has 5 aromatic rings. The normalized spacial score (nSPS) is 11.3. The zero-order valence-electron chi connectivity index (χ0n) is 18.1. The second-order valence-corrected chi connectivity index (χ2v) is 8.58. The Morgan fingerprint density at radius 1 is 1.06 bits per heavy atom. The summed E-state index contributed by atoms with van der Waals surface area (Å²) < 4.78 is 8.68. The Kier molecular flexibility index (Phi) is 5.47. The Morgan fingerprint density at radius 3 is 2.73 bits per heavy atom. The highest BCUT2D eigenvalue weighted by atomic mass is 32.2. The van der Waals surface area contributed by atoms with Gasteiger partial charge < -0.3 is 9.73 Å². The van der Waals surface area contributed by atoms with Gasteiger partial charge in [-0.15, -0.1) is 10.2 Å². The lowest BCUT2D eigenvalue weighted by atomic mass is 10.1. The Labute approximate surface area is 193 Å². The summed E-state index contributed by atoms with van der Waals surface area (Å²) in [5.41, 5.74) is 3.37. The summed E-state index contributed by atoms with van der Waals surface area (Å²) in [4.78, 5) is 25.9. The average molecular weight is 460 g/mol. The van der Waals surface area contributed by atoms with Crippen LogP contribution < -0.4 is 10.9 Å². The number of carbonyl (C=O) groups is 1. The number of hydrogen-bond donors (Lipinski definition) is 1. The van der Waals surface area contributed by atoms with Gasteiger partial charge in [-0.05, 0) is 55.3 Å². The van der Waals surface area contributed by atoms with Gasteiger partial charge in [0.1, 0.15) is 5.76 Å². The summed E-state index contributed by atoms with van der Waals surface area (Å²) in [6.45, 7) is 4.31. The second kappa shape index (κ2) is 8.59. The fourth-order valence-corrected chi connectivity index (χ4v) is 4.52. The fourth-order valence-electron chi connectivity index (χ4n) is 3.75. The predicted molar refractivity (Wildman–Crippen MR) is 127 cm³/mol. The number of furan rings is 1. The van der Waals surface area contributed by atoms with Crippen LogP contribution >= 0.6 is 11.8 Å². The SMILES string of the molecule is Cc1cccc(-n2c(=O)c3ccccc3n3c(SCC(=O)NCc4ccco4)nnc23)c1C. The van der Waals surface area contributed by atoms with Gasteiger partial charge in [-0.1, -0.05) is 36.0 Å². The van der Waals surface area contributed by atoms with Crippen LogP contribution in [0.5, 0.6) is 0 Å². The molecule has 0 bridgehead atoms. The predicted octanol–water partition coefficient (Wildman–Crippen LogP) is 3.65. The molecule has 9 heteroatoms. The number of nitrogens with zero attached hydrogens (tertiary/aromatic N) is 4. The number of hydrogen-bond acceptors (Lipinski definition) is 6. The summed E-state index contributed by atoms with van der Waals surface area (Å²) in [6.07, 6.45) is 1.57. The molecule has 5 rings (SSSR count). The van der Waals surface area contributed by atoms with Crippen LogP contribution in [0.3, 0.4) is 0 Å². The zero-order valence-corrected chi connectivity index (χ0v) is 18.9. The van der Waals surface area contributed by atoms with Crippen LogP contribution in [-0.4, -0.2) is 30.8 Å². The third-order valence-electron chi connectivity index (χ3n) is 5.58. The van der Waals surface area contributed by atoms with Gasteiger partial charge in [0.2, 0.25) is 11.7 Å². The molecule has 0 saturated heterocycles. The number of nitrogens with one attached hydrogen (secondary N) is 1. The van der Waals surface area contributed by atoms with E-state index in [9.17, 15) is 9.59 Å². The van der Waals surface area contributed by atoms with Gasteiger partial charge in [0.15, 0.2) is 5.16 Å². The minimum Gasteiger partial charge on any atom is -0.467 e. The van der Waals surface area contributed by atoms with Gasteiger partial charge >= 0.3 is 0 Å². The van der Waals surface area contributed by atoms with Crippen molar-refractivity contribution in [2.45, 2.75) is 25.5 Å². The van der Waals surface area contributed by atoms with Crippen molar-refractivity contribution in [1.82, 2.24) is 24.5 Å². The van der Waals surface area contributed by atoms with Crippen LogP contribution in [-0.2, 0) is 11.3 Å². The van der Waals surface area contributed by atoms with Crippen molar-refractivity contribution in [3.8, 4) is 5.69 Å². The first kappa shape index (κ1) is 21.0. The molecule has 33 heavy (non-hydrogen) atoms. The first-order valence-corrected chi connectivity index (χ1v) is 11.4. The highest BCUT2D eigenvalue weighted by Gasteiger charge is 2.19. The van der Waals surface area contributed by atoms with Gasteiger partial charge in [0.05, 0.1) is 35.2 Å². The van der Waals surface area contributed by atoms with Crippen LogP contribution in [0.4, 0.5) is 0 Å². The summed E-state index contributed by atoms with van der Waals surface area (Å²) in [5, 5.41) is 12.6. The number of benzene rings is 2. The summed E-state index contributed by atoms with van der Waals surface area (Å²) >= 11 is 1.27. The smallest absolute Gasteiger partial charge is 0.267 e. The minimum absolute atomic E-state index is 0.151. The molecule has 3 heterocycles. The molecule has 0 unspecified atom stereocenters. The number of para-hydroxylation sites is 1. The number of aryl methyl sites for hydroxylation is 1. The number of carbonyl (C=O) groups excluding carboxylic acids is 1. The molecule has 166 valence electrons. The molecular weight excluding hydrogens is 438 g/mol. The van der Waals surface area contributed by atoms with Gasteiger partial charge in [0.25, 0.3) is 5.56 Å². The maximum atomic E-state index is 13.5. The maximum Gasteiger partial charge on any atom is 0.267 e. The molecule has 0 aliphatic carbocycles. The highest BCUT2D eigenvalue weighted by Crippen LogP contribution is 2.25. The monoisotopic (exact) mass is 459 g/mol. The van der Waals surface area contributed by atoms with E-state index in [2.05, 4.69) is 15.5 Å². The number of thioether (sulfide) groups is 1. The van der Waals surface area contributed by atoms with E-state index >= 15 is 0 Å². The van der Waals surface area contributed by atoms with Crippen LogP contribution in [0, 0.1) is 13.8 Å². The Hall–Kier alpha value is -3.85. The van der Waals surface area contributed by atoms with Crippen molar-refractivity contribution in [2.24, 2.45) is 0 Å². The van der Waals surface area contributed by atoms with Crippen LogP contribution in [0.25, 0.3) is 22.4 Å². The van der Waals surface area contributed by atoms with E-state index in [0.717, 1.165) is 16.8 Å². The lowest BCUT2D eigenvalue weighted by molar-refractivity contribution is -0.118. The van der Waals surface area contributed by atoms with Crippen molar-refractivity contribution < 1.29 is 9.21 Å². The standard InChI is InChI=1S/C24H21N5O3S/c1-15-7-5-11-19(16(15)2)28-22(31)18-9-3-4-10-20(18)29-23(28)26-27-24(29)33-14-21(30)25-13-17-8-6-12-32-17/h3-12H,13-14H2,1-2H3,(H,25,30). The number of aromatic nitrogens is 4. The van der Waals surface area contributed by atoms with Crippen molar-refractivity contribution in [3.63, 3.8) is 0 Å². The summed E-state index contributed by atoms with van der Waals surface area (Å²) in [7, 11) is 0. The molecule has 1 N–H and O–H groups in total. The highest BCUT2D eigenvalue weighted by molar-refractivity contribution is 7.99. The van der Waals surface area contributed by atoms with Crippen molar-refractivity contribution in [1.29, 1.82) is 0 Å². The second-order valence-electron chi connectivity index (χ2n) is 7.64. The molecule has 0 spiro atoms. The molecule has 0 saturated carbocycles. The van der Waals surface area contributed by atoms with E-state index in [1.807, 2.05) is 54.6 Å². The molecule has 0 radical (unpaired) electrons. The number of fused-ring (bicyclic) bond motifs is 3. The quantitative estimate of drug-likeness (QED) is 0.390. The lowest BCUT2D eigenvalue weighted by Gasteiger charge is -2.14. The molecule has 0 aliphatic rings. The Balaban J connectivity index is 1.56. The van der Waals surface area contributed by atoms with E-state index in [4.69, 9.17) is 4.42 Å². The third kappa shape index (κ3) is 3.80. The Bertz CT molecular complexity index is 1540. The molecule has 0 fully saturated rings. The maximum absolute atomic E-state index is 13.5. The summed E-state index contributed by atoms with van der Waals surface area (Å²) in [6, 6.07) is 16.8. The Morgan fingerprint density at radius 2 is 1.91 bits per heavy atom. The molecule has 0 atom stereocenters. The van der Waals surface area contributed by atoms with Gasteiger partial charge in [-0.25, -0.2) is 4.57 Å². The topological polar surface area (TPSA) is 94.4 Å². The molecular formula is C24H21N5O3S. The lowest BCUT2D eigenvalue weighted by Crippen LogP contribution is -2.24. The van der Waals surface area contributed by atoms with Crippen molar-refractivity contribution in [3.05, 3.63) is 88.1 Å². The van der Waals surface area contributed by atoms with E-state index in [1.54, 1.807) is 29.0 Å². The van der Waals surface area contributed by atoms with Crippen molar-refractivity contribution in [2.75, 3.05) is 5.75 Å². The minimum atomic E-state index is -0.160. The molecule has 1 amide bonds. The molecule has 0 aliphatic heterocycles. The molecule has 8 nitrogen and oxygen atoms in total. The molecule has 2 aromatic carbocycles. The average Bonchev–Trinajstić information content (AvgIpc) is 3.49. The third-order valence-corrected chi connectivity index (χ3v) is 6.51. The first-order chi connectivity index (χ1) is 16.0. The van der Waals surface area contributed by atoms with E-state index in [0.29, 0.717) is 34.1 Å². The zero-order chi connectivity index (χ0) is 22.9. The molecule has 3 aromatic heterocycles. The van der Waals surface area contributed by atoms with Gasteiger partial charge in [-0.3, -0.25) is 14.0 Å². The number of amides is 1. The number of rotatable bonds is 6. The van der Waals surface area contributed by atoms with Crippen LogP contribution in [0.1, 0.15) is 16.9 Å². The fraction of sp³-hybridized carbons (Fsp3) is 0.167. The van der Waals surface area contributed by atoms with Crippen LogP contribution in [0.2, 0.25) is 0 Å². The van der Waals surface area contributed by atoms with Gasteiger partial charge in [-0.2, -0.15) is 0 Å².